The number of hydrogen-bond donors (Lipinski definition) is 2. The minimum absolute atomic E-state index is 0.00279. The molecule has 0 aliphatic heterocycles. The fraction of sp³-hybridized carbons (Fsp3) is 0.353. The molecule has 4 N–H and O–H groups in total. The molecule has 0 unspecified atom stereocenters. The predicted molar refractivity (Wildman–Crippen MR) is 92.5 cm³/mol. The van der Waals surface area contributed by atoms with Crippen molar-refractivity contribution in [2.75, 3.05) is 11.5 Å². The number of hydrogen-bond acceptors (Lipinski definition) is 7. The molecule has 2 aromatic rings. The van der Waals surface area contributed by atoms with Gasteiger partial charge < -0.3 is 20.9 Å². The molecule has 7 heteroatoms. The Balaban J connectivity index is 2.63. The van der Waals surface area contributed by atoms with Gasteiger partial charge in [0.1, 0.15) is 28.9 Å². The first-order valence-electron chi connectivity index (χ1n) is 7.62. The van der Waals surface area contributed by atoms with Gasteiger partial charge >= 0.3 is 0 Å². The van der Waals surface area contributed by atoms with E-state index in [0.29, 0.717) is 22.8 Å². The highest BCUT2D eigenvalue weighted by Crippen LogP contribution is 2.33. The summed E-state index contributed by atoms with van der Waals surface area (Å²) >= 11 is 0. The second kappa shape index (κ2) is 7.04. The predicted octanol–water partition coefficient (Wildman–Crippen LogP) is 2.75. The monoisotopic (exact) mass is 327 g/mol. The largest absolute Gasteiger partial charge is 0.491 e. The molecular weight excluding hydrogens is 306 g/mol. The lowest BCUT2D eigenvalue weighted by Gasteiger charge is -2.16. The van der Waals surface area contributed by atoms with Crippen LogP contribution in [-0.2, 0) is 0 Å². The quantitative estimate of drug-likeness (QED) is 0.866. The Kier molecular flexibility index (Phi) is 5.09. The molecule has 2 rings (SSSR count). The summed E-state index contributed by atoms with van der Waals surface area (Å²) in [4.78, 5) is 8.00. The van der Waals surface area contributed by atoms with Gasteiger partial charge in [0.05, 0.1) is 17.9 Å². The molecule has 1 aromatic heterocycles. The van der Waals surface area contributed by atoms with Gasteiger partial charge in [-0.3, -0.25) is 0 Å². The number of benzene rings is 1. The molecule has 126 valence electrons. The summed E-state index contributed by atoms with van der Waals surface area (Å²) in [5, 5.41) is 9.37. The zero-order chi connectivity index (χ0) is 17.9. The summed E-state index contributed by atoms with van der Waals surface area (Å²) in [6.07, 6.45) is -0.0220. The summed E-state index contributed by atoms with van der Waals surface area (Å²) in [5.41, 5.74) is 12.6. The molecule has 0 atom stereocenters. The number of ether oxygens (including phenoxy) is 2. The van der Waals surface area contributed by atoms with Gasteiger partial charge in [-0.2, -0.15) is 10.2 Å². The Labute approximate surface area is 141 Å². The SMILES string of the molecule is CC(C)Oc1cc(OC(C)C)cc(-c2nc(N)nc(N)c2C#N)c1. The molecule has 0 spiro atoms. The Morgan fingerprint density at radius 2 is 1.50 bits per heavy atom. The lowest BCUT2D eigenvalue weighted by Crippen LogP contribution is -2.09. The number of nitriles is 1. The lowest BCUT2D eigenvalue weighted by atomic mass is 10.1. The third kappa shape index (κ3) is 4.04. The average Bonchev–Trinajstić information content (AvgIpc) is 2.44. The maximum Gasteiger partial charge on any atom is 0.222 e. The van der Waals surface area contributed by atoms with E-state index in [1.165, 1.54) is 0 Å². The molecule has 0 aliphatic rings. The first-order chi connectivity index (χ1) is 11.3. The van der Waals surface area contributed by atoms with Crippen molar-refractivity contribution in [3.63, 3.8) is 0 Å². The van der Waals surface area contributed by atoms with Crippen LogP contribution in [0.2, 0.25) is 0 Å². The molecular formula is C17H21N5O2. The second-order valence-corrected chi connectivity index (χ2v) is 5.83. The van der Waals surface area contributed by atoms with Gasteiger partial charge in [0.2, 0.25) is 5.95 Å². The molecule has 24 heavy (non-hydrogen) atoms. The van der Waals surface area contributed by atoms with E-state index >= 15 is 0 Å². The molecule has 0 bridgehead atoms. The zero-order valence-electron chi connectivity index (χ0n) is 14.2. The van der Waals surface area contributed by atoms with Gasteiger partial charge in [-0.05, 0) is 39.8 Å². The number of nitrogens with zero attached hydrogens (tertiary/aromatic N) is 3. The second-order valence-electron chi connectivity index (χ2n) is 5.83. The van der Waals surface area contributed by atoms with E-state index in [1.54, 1.807) is 18.2 Å². The van der Waals surface area contributed by atoms with Gasteiger partial charge in [0, 0.05) is 11.6 Å². The van der Waals surface area contributed by atoms with Crippen LogP contribution in [0.15, 0.2) is 18.2 Å². The van der Waals surface area contributed by atoms with Crippen molar-refractivity contribution >= 4 is 11.8 Å². The van der Waals surface area contributed by atoms with Crippen LogP contribution in [0.5, 0.6) is 11.5 Å². The van der Waals surface area contributed by atoms with Crippen LogP contribution in [0.3, 0.4) is 0 Å². The minimum Gasteiger partial charge on any atom is -0.491 e. The first-order valence-corrected chi connectivity index (χ1v) is 7.62. The maximum atomic E-state index is 9.37. The summed E-state index contributed by atoms with van der Waals surface area (Å²) in [6.45, 7) is 7.71. The highest BCUT2D eigenvalue weighted by Gasteiger charge is 2.16. The molecule has 0 amide bonds. The van der Waals surface area contributed by atoms with E-state index in [4.69, 9.17) is 20.9 Å². The van der Waals surface area contributed by atoms with Crippen molar-refractivity contribution in [2.45, 2.75) is 39.9 Å². The van der Waals surface area contributed by atoms with Crippen LogP contribution in [-0.4, -0.2) is 22.2 Å². The fourth-order valence-electron chi connectivity index (χ4n) is 2.20. The van der Waals surface area contributed by atoms with E-state index in [-0.39, 0.29) is 29.5 Å². The van der Waals surface area contributed by atoms with Gasteiger partial charge in [-0.1, -0.05) is 0 Å². The highest BCUT2D eigenvalue weighted by molar-refractivity contribution is 5.74. The smallest absolute Gasteiger partial charge is 0.222 e. The van der Waals surface area contributed by atoms with Crippen molar-refractivity contribution in [1.82, 2.24) is 9.97 Å². The Morgan fingerprint density at radius 1 is 0.958 bits per heavy atom. The third-order valence-corrected chi connectivity index (χ3v) is 2.96. The summed E-state index contributed by atoms with van der Waals surface area (Å²) < 4.78 is 11.5. The first kappa shape index (κ1) is 17.3. The molecule has 0 aliphatic carbocycles. The van der Waals surface area contributed by atoms with Crippen molar-refractivity contribution < 1.29 is 9.47 Å². The molecule has 1 heterocycles. The number of anilines is 2. The van der Waals surface area contributed by atoms with Crippen LogP contribution in [0, 0.1) is 11.3 Å². The fourth-order valence-corrected chi connectivity index (χ4v) is 2.20. The van der Waals surface area contributed by atoms with Crippen LogP contribution >= 0.6 is 0 Å². The van der Waals surface area contributed by atoms with E-state index in [0.717, 1.165) is 0 Å². The molecule has 0 fully saturated rings. The van der Waals surface area contributed by atoms with Gasteiger partial charge in [-0.15, -0.1) is 0 Å². The van der Waals surface area contributed by atoms with Crippen molar-refractivity contribution in [2.24, 2.45) is 0 Å². The van der Waals surface area contributed by atoms with Crippen LogP contribution < -0.4 is 20.9 Å². The molecule has 7 nitrogen and oxygen atoms in total. The number of aromatic nitrogens is 2. The van der Waals surface area contributed by atoms with E-state index in [1.807, 2.05) is 33.8 Å². The summed E-state index contributed by atoms with van der Waals surface area (Å²) in [5.74, 6) is 1.26. The van der Waals surface area contributed by atoms with Crippen LogP contribution in [0.1, 0.15) is 33.3 Å². The minimum atomic E-state index is -0.0110. The van der Waals surface area contributed by atoms with Crippen molar-refractivity contribution in [3.05, 3.63) is 23.8 Å². The zero-order valence-corrected chi connectivity index (χ0v) is 14.2. The molecule has 0 saturated carbocycles. The van der Waals surface area contributed by atoms with Crippen LogP contribution in [0.4, 0.5) is 11.8 Å². The van der Waals surface area contributed by atoms with Gasteiger partial charge in [0.15, 0.2) is 0 Å². The highest BCUT2D eigenvalue weighted by atomic mass is 16.5. The van der Waals surface area contributed by atoms with Crippen molar-refractivity contribution in [3.8, 4) is 28.8 Å². The molecule has 1 aromatic carbocycles. The van der Waals surface area contributed by atoms with Crippen LogP contribution in [0.25, 0.3) is 11.3 Å². The Hall–Kier alpha value is -3.01. The van der Waals surface area contributed by atoms with Crippen molar-refractivity contribution in [1.29, 1.82) is 5.26 Å². The molecule has 0 radical (unpaired) electrons. The maximum absolute atomic E-state index is 9.37. The normalized spacial score (nSPS) is 10.7. The molecule has 0 saturated heterocycles. The van der Waals surface area contributed by atoms with E-state index in [9.17, 15) is 5.26 Å². The third-order valence-electron chi connectivity index (χ3n) is 2.96. The lowest BCUT2D eigenvalue weighted by molar-refractivity contribution is 0.229. The Morgan fingerprint density at radius 3 is 1.96 bits per heavy atom. The number of rotatable bonds is 5. The van der Waals surface area contributed by atoms with E-state index < -0.39 is 0 Å². The van der Waals surface area contributed by atoms with Gasteiger partial charge in [-0.25, -0.2) is 4.98 Å². The number of nitrogen functional groups attached to an aromatic ring is 2. The standard InChI is InChI=1S/C17H21N5O2/c1-9(2)23-12-5-11(6-13(7-12)24-10(3)4)15-14(8-18)16(19)22-17(20)21-15/h5-7,9-10H,1-4H3,(H4,19,20,21,22). The summed E-state index contributed by atoms with van der Waals surface area (Å²) in [6, 6.07) is 7.36. The number of nitrogens with two attached hydrogens (primary N) is 2. The topological polar surface area (TPSA) is 120 Å². The van der Waals surface area contributed by atoms with Gasteiger partial charge in [0.25, 0.3) is 0 Å². The average molecular weight is 327 g/mol. The Bertz CT molecular complexity index is 753. The van der Waals surface area contributed by atoms with E-state index in [2.05, 4.69) is 9.97 Å². The summed E-state index contributed by atoms with van der Waals surface area (Å²) in [7, 11) is 0.